The third-order valence-electron chi connectivity index (χ3n) is 14.4. The first-order valence-electron chi connectivity index (χ1n) is 24.4. The van der Waals surface area contributed by atoms with Crippen molar-refractivity contribution >= 4 is 10.8 Å². The lowest BCUT2D eigenvalue weighted by Gasteiger charge is -2.34. The minimum Gasteiger partial charge on any atom is -0.228 e. The van der Waals surface area contributed by atoms with Crippen LogP contribution in [0.15, 0.2) is 279 Å². The molecule has 0 fully saturated rings. The molecule has 2 heteroatoms. The Hall–Kier alpha value is -9.24. The fraction of sp³-hybridized carbons (Fsp3) is 0.0145. The molecule has 1 aliphatic rings. The van der Waals surface area contributed by atoms with Crippen molar-refractivity contribution in [1.82, 2.24) is 9.97 Å². The van der Waals surface area contributed by atoms with Gasteiger partial charge in [0.05, 0.1) is 16.8 Å². The van der Waals surface area contributed by atoms with Gasteiger partial charge < -0.3 is 0 Å². The second-order valence-corrected chi connectivity index (χ2v) is 18.5. The van der Waals surface area contributed by atoms with E-state index in [1.807, 2.05) is 6.07 Å². The minimum absolute atomic E-state index is 0.534. The van der Waals surface area contributed by atoms with Crippen LogP contribution in [0, 0.1) is 0 Å². The van der Waals surface area contributed by atoms with Gasteiger partial charge in [-0.2, -0.15) is 0 Å². The third kappa shape index (κ3) is 7.45. The van der Waals surface area contributed by atoms with E-state index in [0.717, 1.165) is 44.8 Å². The fourth-order valence-corrected chi connectivity index (χ4v) is 11.0. The van der Waals surface area contributed by atoms with Crippen LogP contribution in [0.25, 0.3) is 100 Å². The zero-order valence-corrected chi connectivity index (χ0v) is 39.0. The number of nitrogens with zero attached hydrogens (tertiary/aromatic N) is 2. The molecule has 0 N–H and O–H groups in total. The molecule has 11 aromatic carbocycles. The average molecular weight is 903 g/mol. The average Bonchev–Trinajstić information content (AvgIpc) is 3.76. The molecule has 0 saturated heterocycles. The maximum atomic E-state index is 5.27. The fourth-order valence-electron chi connectivity index (χ4n) is 11.0. The molecule has 0 unspecified atom stereocenters. The van der Waals surface area contributed by atoms with Crippen molar-refractivity contribution in [3.63, 3.8) is 0 Å². The van der Waals surface area contributed by atoms with Crippen LogP contribution in [-0.2, 0) is 5.41 Å². The van der Waals surface area contributed by atoms with Crippen LogP contribution in [0.5, 0.6) is 0 Å². The van der Waals surface area contributed by atoms with Crippen LogP contribution >= 0.6 is 0 Å². The highest BCUT2D eigenvalue weighted by Gasteiger charge is 2.46. The van der Waals surface area contributed by atoms with E-state index in [0.29, 0.717) is 5.82 Å². The van der Waals surface area contributed by atoms with Gasteiger partial charge in [-0.3, -0.25) is 0 Å². The SMILES string of the molecule is c1ccc(-c2ccc(-c3cc(-c4ccccc4)nc(-c4cccc(-c5cccc(-c6cc7c(cc6-c6ccc8ccccc8c6)-c6ccccc6C7(c6ccccc6)c6ccccc6)c5)c4)n3)cc2)cc1. The second kappa shape index (κ2) is 17.7. The summed E-state index contributed by atoms with van der Waals surface area (Å²) in [5.41, 5.74) is 21.1. The highest BCUT2D eigenvalue weighted by atomic mass is 14.9. The lowest BCUT2D eigenvalue weighted by atomic mass is 9.67. The molecule has 13 rings (SSSR count). The Morgan fingerprint density at radius 1 is 0.225 bits per heavy atom. The van der Waals surface area contributed by atoms with Crippen LogP contribution in [-0.4, -0.2) is 9.97 Å². The first-order valence-corrected chi connectivity index (χ1v) is 24.4. The Bertz CT molecular complexity index is 3860. The molecule has 71 heavy (non-hydrogen) atoms. The molecule has 0 bridgehead atoms. The van der Waals surface area contributed by atoms with Gasteiger partial charge in [0.2, 0.25) is 0 Å². The number of rotatable bonds is 9. The van der Waals surface area contributed by atoms with Crippen molar-refractivity contribution in [2.24, 2.45) is 0 Å². The van der Waals surface area contributed by atoms with E-state index in [1.165, 1.54) is 72.0 Å². The Morgan fingerprint density at radius 2 is 0.676 bits per heavy atom. The number of benzene rings is 11. The zero-order chi connectivity index (χ0) is 47.1. The lowest BCUT2D eigenvalue weighted by Crippen LogP contribution is -2.28. The van der Waals surface area contributed by atoms with Gasteiger partial charge in [0, 0.05) is 16.7 Å². The molecule has 0 radical (unpaired) electrons. The van der Waals surface area contributed by atoms with Gasteiger partial charge in [0.1, 0.15) is 0 Å². The molecular weight excluding hydrogens is 857 g/mol. The second-order valence-electron chi connectivity index (χ2n) is 18.5. The van der Waals surface area contributed by atoms with Crippen molar-refractivity contribution in [3.05, 3.63) is 301 Å². The van der Waals surface area contributed by atoms with Crippen molar-refractivity contribution in [2.75, 3.05) is 0 Å². The molecule has 1 aromatic heterocycles. The molecule has 0 aliphatic heterocycles. The van der Waals surface area contributed by atoms with Crippen LogP contribution in [0.4, 0.5) is 0 Å². The summed E-state index contributed by atoms with van der Waals surface area (Å²) in [6, 6.07) is 101. The van der Waals surface area contributed by atoms with Gasteiger partial charge >= 0.3 is 0 Å². The van der Waals surface area contributed by atoms with Crippen LogP contribution in [0.1, 0.15) is 22.3 Å². The summed E-state index contributed by atoms with van der Waals surface area (Å²) in [6.07, 6.45) is 0. The van der Waals surface area contributed by atoms with Crippen molar-refractivity contribution in [2.45, 2.75) is 5.41 Å². The summed E-state index contributed by atoms with van der Waals surface area (Å²) in [7, 11) is 0. The molecular formula is C69H46N2. The molecule has 0 saturated carbocycles. The first kappa shape index (κ1) is 41.9. The Morgan fingerprint density at radius 3 is 1.35 bits per heavy atom. The van der Waals surface area contributed by atoms with Gasteiger partial charge in [0.25, 0.3) is 0 Å². The summed E-state index contributed by atoms with van der Waals surface area (Å²) in [4.78, 5) is 10.5. The third-order valence-corrected chi connectivity index (χ3v) is 14.4. The maximum Gasteiger partial charge on any atom is 0.160 e. The Balaban J connectivity index is 0.971. The molecule has 332 valence electrons. The minimum atomic E-state index is -0.534. The van der Waals surface area contributed by atoms with E-state index in [2.05, 4.69) is 273 Å². The molecule has 1 aliphatic carbocycles. The predicted octanol–water partition coefficient (Wildman–Crippen LogP) is 17.7. The topological polar surface area (TPSA) is 25.8 Å². The lowest BCUT2D eigenvalue weighted by molar-refractivity contribution is 0.769. The number of hydrogen-bond donors (Lipinski definition) is 0. The highest BCUT2D eigenvalue weighted by molar-refractivity contribution is 5.98. The van der Waals surface area contributed by atoms with Crippen molar-refractivity contribution in [1.29, 1.82) is 0 Å². The molecule has 0 atom stereocenters. The highest BCUT2D eigenvalue weighted by Crippen LogP contribution is 2.58. The molecule has 2 nitrogen and oxygen atoms in total. The molecule has 0 spiro atoms. The van der Waals surface area contributed by atoms with E-state index < -0.39 is 5.41 Å². The Labute approximate surface area is 414 Å². The summed E-state index contributed by atoms with van der Waals surface area (Å²) < 4.78 is 0. The zero-order valence-electron chi connectivity index (χ0n) is 39.0. The standard InChI is InChI=1S/C69H46N2/c1-5-19-47(20-6-1)49-35-38-51(39-36-49)67-46-66(50-22-7-2-8-23-50)70-68(71-67)57-28-18-26-54(43-57)53-25-17-27-55(42-53)62-45-65-63(44-61(62)56-40-37-48-21-13-14-24-52(48)41-56)60-33-15-16-34-64(60)69(65,58-29-9-3-10-30-58)59-31-11-4-12-32-59/h1-46H. The summed E-state index contributed by atoms with van der Waals surface area (Å²) in [6.45, 7) is 0. The predicted molar refractivity (Wildman–Crippen MR) is 295 cm³/mol. The largest absolute Gasteiger partial charge is 0.228 e. The van der Waals surface area contributed by atoms with E-state index in [9.17, 15) is 0 Å². The van der Waals surface area contributed by atoms with Gasteiger partial charge in [-0.15, -0.1) is 0 Å². The van der Waals surface area contributed by atoms with Gasteiger partial charge in [-0.25, -0.2) is 9.97 Å². The van der Waals surface area contributed by atoms with Gasteiger partial charge in [-0.1, -0.05) is 243 Å². The maximum absolute atomic E-state index is 5.27. The molecule has 0 amide bonds. The Kier molecular flexibility index (Phi) is 10.4. The number of hydrogen-bond acceptors (Lipinski definition) is 2. The summed E-state index contributed by atoms with van der Waals surface area (Å²) in [5.74, 6) is 0.682. The van der Waals surface area contributed by atoms with Crippen LogP contribution in [0.2, 0.25) is 0 Å². The van der Waals surface area contributed by atoms with E-state index in [-0.39, 0.29) is 0 Å². The smallest absolute Gasteiger partial charge is 0.160 e. The molecule has 1 heterocycles. The van der Waals surface area contributed by atoms with Gasteiger partial charge in [0.15, 0.2) is 5.82 Å². The molecule has 12 aromatic rings. The van der Waals surface area contributed by atoms with E-state index in [1.54, 1.807) is 0 Å². The summed E-state index contributed by atoms with van der Waals surface area (Å²) in [5, 5.41) is 2.45. The number of aromatic nitrogens is 2. The normalized spacial score (nSPS) is 12.3. The summed E-state index contributed by atoms with van der Waals surface area (Å²) >= 11 is 0. The number of fused-ring (bicyclic) bond motifs is 4. The van der Waals surface area contributed by atoms with Crippen LogP contribution < -0.4 is 0 Å². The van der Waals surface area contributed by atoms with E-state index >= 15 is 0 Å². The van der Waals surface area contributed by atoms with Gasteiger partial charge in [-0.05, 0) is 125 Å². The van der Waals surface area contributed by atoms with Crippen LogP contribution in [0.3, 0.4) is 0 Å². The monoisotopic (exact) mass is 902 g/mol. The van der Waals surface area contributed by atoms with E-state index in [4.69, 9.17) is 9.97 Å². The van der Waals surface area contributed by atoms with Crippen molar-refractivity contribution in [3.8, 4) is 89.5 Å². The first-order chi connectivity index (χ1) is 35.2. The van der Waals surface area contributed by atoms with Crippen molar-refractivity contribution < 1.29 is 0 Å². The quantitative estimate of drug-likeness (QED) is 0.144.